The maximum atomic E-state index is 13.6. The van der Waals surface area contributed by atoms with E-state index < -0.39 is 11.4 Å². The van der Waals surface area contributed by atoms with Crippen LogP contribution < -0.4 is 10.9 Å². The van der Waals surface area contributed by atoms with Crippen molar-refractivity contribution >= 4 is 22.7 Å². The van der Waals surface area contributed by atoms with Gasteiger partial charge in [-0.1, -0.05) is 42.4 Å². The van der Waals surface area contributed by atoms with Crippen molar-refractivity contribution in [3.63, 3.8) is 0 Å². The summed E-state index contributed by atoms with van der Waals surface area (Å²) in [5.74, 6) is -0.737. The first-order valence-corrected chi connectivity index (χ1v) is 9.96. The predicted molar refractivity (Wildman–Crippen MR) is 115 cm³/mol. The van der Waals surface area contributed by atoms with Gasteiger partial charge in [0.15, 0.2) is 0 Å². The Kier molecular flexibility index (Phi) is 5.62. The normalized spacial score (nSPS) is 11.1. The monoisotopic (exact) mass is 420 g/mol. The molecule has 0 bridgehead atoms. The molecule has 0 aliphatic rings. The van der Waals surface area contributed by atoms with Crippen LogP contribution in [0.4, 0.5) is 10.1 Å². The molecule has 0 aliphatic heterocycles. The van der Waals surface area contributed by atoms with Crippen molar-refractivity contribution in [1.29, 1.82) is 0 Å². The SMILES string of the molecule is CCc1ccc(-c2noc3c(=O)n(CCC(=O)Nc4ccc(C)c(F)c4)cnc23)cc1. The van der Waals surface area contributed by atoms with Gasteiger partial charge in [-0.05, 0) is 36.6 Å². The quantitative estimate of drug-likeness (QED) is 0.507. The summed E-state index contributed by atoms with van der Waals surface area (Å²) in [6.45, 7) is 3.82. The number of aromatic nitrogens is 3. The molecule has 0 atom stereocenters. The first kappa shape index (κ1) is 20.5. The molecular weight excluding hydrogens is 399 g/mol. The topological polar surface area (TPSA) is 90.0 Å². The van der Waals surface area contributed by atoms with Gasteiger partial charge in [0.1, 0.15) is 17.0 Å². The lowest BCUT2D eigenvalue weighted by atomic mass is 10.1. The van der Waals surface area contributed by atoms with Gasteiger partial charge in [-0.15, -0.1) is 0 Å². The number of fused-ring (bicyclic) bond motifs is 1. The van der Waals surface area contributed by atoms with E-state index in [1.165, 1.54) is 22.5 Å². The molecule has 0 radical (unpaired) electrons. The van der Waals surface area contributed by atoms with E-state index >= 15 is 0 Å². The number of nitrogens with zero attached hydrogens (tertiary/aromatic N) is 3. The van der Waals surface area contributed by atoms with Crippen LogP contribution in [0.25, 0.3) is 22.4 Å². The van der Waals surface area contributed by atoms with Crippen molar-refractivity contribution in [3.05, 3.63) is 76.1 Å². The molecule has 4 aromatic rings. The number of benzene rings is 2. The molecule has 2 aromatic carbocycles. The summed E-state index contributed by atoms with van der Waals surface area (Å²) in [5.41, 5.74) is 3.37. The van der Waals surface area contributed by atoms with E-state index in [9.17, 15) is 14.0 Å². The van der Waals surface area contributed by atoms with Gasteiger partial charge < -0.3 is 9.84 Å². The summed E-state index contributed by atoms with van der Waals surface area (Å²) in [6.07, 6.45) is 2.32. The second-order valence-electron chi connectivity index (χ2n) is 7.26. The number of amides is 1. The van der Waals surface area contributed by atoms with Crippen molar-refractivity contribution in [1.82, 2.24) is 14.7 Å². The molecule has 2 aromatic heterocycles. The van der Waals surface area contributed by atoms with Gasteiger partial charge in [0, 0.05) is 24.2 Å². The van der Waals surface area contributed by atoms with Crippen LogP contribution in [0, 0.1) is 12.7 Å². The first-order valence-electron chi connectivity index (χ1n) is 9.96. The molecule has 8 heteroatoms. The van der Waals surface area contributed by atoms with E-state index in [4.69, 9.17) is 4.52 Å². The van der Waals surface area contributed by atoms with Crippen LogP contribution in [0.2, 0.25) is 0 Å². The number of carbonyl (C=O) groups is 1. The summed E-state index contributed by atoms with van der Waals surface area (Å²) in [7, 11) is 0. The summed E-state index contributed by atoms with van der Waals surface area (Å²) in [5, 5.41) is 6.65. The maximum Gasteiger partial charge on any atom is 0.299 e. The Morgan fingerprint density at radius 1 is 1.19 bits per heavy atom. The fraction of sp³-hybridized carbons (Fsp3) is 0.217. The van der Waals surface area contributed by atoms with Crippen molar-refractivity contribution in [2.24, 2.45) is 0 Å². The number of carbonyl (C=O) groups excluding carboxylic acids is 1. The third kappa shape index (κ3) is 4.23. The number of anilines is 1. The van der Waals surface area contributed by atoms with Crippen LogP contribution in [0.5, 0.6) is 0 Å². The first-order chi connectivity index (χ1) is 15.0. The van der Waals surface area contributed by atoms with Crippen molar-refractivity contribution in [3.8, 4) is 11.3 Å². The molecule has 0 saturated carbocycles. The Hall–Kier alpha value is -3.81. The molecule has 1 amide bonds. The molecular formula is C23H21FN4O3. The Labute approximate surface area is 177 Å². The molecule has 31 heavy (non-hydrogen) atoms. The van der Waals surface area contributed by atoms with Gasteiger partial charge in [0.05, 0.1) is 6.33 Å². The third-order valence-corrected chi connectivity index (χ3v) is 5.12. The highest BCUT2D eigenvalue weighted by Crippen LogP contribution is 2.25. The summed E-state index contributed by atoms with van der Waals surface area (Å²) in [6, 6.07) is 12.3. The van der Waals surface area contributed by atoms with Crippen LogP contribution in [-0.2, 0) is 17.8 Å². The third-order valence-electron chi connectivity index (χ3n) is 5.12. The smallest absolute Gasteiger partial charge is 0.299 e. The van der Waals surface area contributed by atoms with E-state index in [0.29, 0.717) is 22.5 Å². The number of halogens is 1. The van der Waals surface area contributed by atoms with E-state index in [1.54, 1.807) is 19.1 Å². The lowest BCUT2D eigenvalue weighted by Gasteiger charge is -2.07. The average Bonchev–Trinajstić information content (AvgIpc) is 3.21. The average molecular weight is 420 g/mol. The fourth-order valence-electron chi connectivity index (χ4n) is 3.22. The number of hydrogen-bond acceptors (Lipinski definition) is 5. The second kappa shape index (κ2) is 8.51. The van der Waals surface area contributed by atoms with E-state index in [-0.39, 0.29) is 24.5 Å². The summed E-state index contributed by atoms with van der Waals surface area (Å²) in [4.78, 5) is 29.3. The van der Waals surface area contributed by atoms with Crippen molar-refractivity contribution in [2.75, 3.05) is 5.32 Å². The molecule has 0 saturated heterocycles. The minimum Gasteiger partial charge on any atom is -0.348 e. The van der Waals surface area contributed by atoms with E-state index in [2.05, 4.69) is 22.4 Å². The molecule has 158 valence electrons. The Bertz CT molecular complexity index is 1310. The maximum absolute atomic E-state index is 13.6. The lowest BCUT2D eigenvalue weighted by molar-refractivity contribution is -0.116. The van der Waals surface area contributed by atoms with Crippen LogP contribution in [-0.4, -0.2) is 20.6 Å². The Balaban J connectivity index is 1.49. The minimum atomic E-state index is -0.414. The highest BCUT2D eigenvalue weighted by molar-refractivity contribution is 5.90. The zero-order valence-corrected chi connectivity index (χ0v) is 17.2. The van der Waals surface area contributed by atoms with Gasteiger partial charge >= 0.3 is 0 Å². The molecule has 4 rings (SSSR count). The summed E-state index contributed by atoms with van der Waals surface area (Å²) < 4.78 is 20.2. The minimum absolute atomic E-state index is 0.0159. The Morgan fingerprint density at radius 2 is 1.97 bits per heavy atom. The summed E-state index contributed by atoms with van der Waals surface area (Å²) >= 11 is 0. The largest absolute Gasteiger partial charge is 0.348 e. The molecule has 2 heterocycles. The van der Waals surface area contributed by atoms with Crippen LogP contribution >= 0.6 is 0 Å². The highest BCUT2D eigenvalue weighted by atomic mass is 19.1. The molecule has 0 aliphatic carbocycles. The van der Waals surface area contributed by atoms with Gasteiger partial charge in [-0.25, -0.2) is 9.37 Å². The highest BCUT2D eigenvalue weighted by Gasteiger charge is 2.17. The Morgan fingerprint density at radius 3 is 2.68 bits per heavy atom. The number of rotatable bonds is 6. The van der Waals surface area contributed by atoms with Gasteiger partial charge in [0.25, 0.3) is 11.1 Å². The number of hydrogen-bond donors (Lipinski definition) is 1. The van der Waals surface area contributed by atoms with Crippen molar-refractivity contribution < 1.29 is 13.7 Å². The zero-order chi connectivity index (χ0) is 22.0. The fourth-order valence-corrected chi connectivity index (χ4v) is 3.22. The molecule has 7 nitrogen and oxygen atoms in total. The predicted octanol–water partition coefficient (Wildman–Crippen LogP) is 4.09. The van der Waals surface area contributed by atoms with Crippen LogP contribution in [0.3, 0.4) is 0 Å². The van der Waals surface area contributed by atoms with Gasteiger partial charge in [-0.3, -0.25) is 14.2 Å². The molecule has 0 fully saturated rings. The van der Waals surface area contributed by atoms with Crippen LogP contribution in [0.1, 0.15) is 24.5 Å². The molecule has 1 N–H and O–H groups in total. The van der Waals surface area contributed by atoms with E-state index in [1.807, 2.05) is 24.3 Å². The lowest BCUT2D eigenvalue weighted by Crippen LogP contribution is -2.23. The van der Waals surface area contributed by atoms with E-state index in [0.717, 1.165) is 12.0 Å². The zero-order valence-electron chi connectivity index (χ0n) is 17.2. The standard InChI is InChI=1S/C23H21FN4O3/c1-3-15-5-7-16(8-6-15)20-21-22(31-27-20)23(30)28(13-25-21)11-10-19(29)26-17-9-4-14(2)18(24)12-17/h4-9,12-13H,3,10-11H2,1-2H3,(H,26,29). The number of aryl methyl sites for hydroxylation is 3. The molecule has 0 unspecified atom stereocenters. The van der Waals surface area contributed by atoms with Crippen molar-refractivity contribution in [2.45, 2.75) is 33.2 Å². The molecule has 0 spiro atoms. The second-order valence-corrected chi connectivity index (χ2v) is 7.26. The van der Waals surface area contributed by atoms with Gasteiger partial charge in [0.2, 0.25) is 5.91 Å². The van der Waals surface area contributed by atoms with Gasteiger partial charge in [-0.2, -0.15) is 0 Å². The number of nitrogens with one attached hydrogen (secondary N) is 1. The van der Waals surface area contributed by atoms with Crippen LogP contribution in [0.15, 0.2) is 58.1 Å².